The van der Waals surface area contributed by atoms with Gasteiger partial charge in [-0.15, -0.1) is 0 Å². The molecule has 1 aromatic rings. The zero-order valence-electron chi connectivity index (χ0n) is 10.4. The van der Waals surface area contributed by atoms with E-state index in [0.717, 1.165) is 12.8 Å². The number of hydrogen-bond donors (Lipinski definition) is 1. The Hall–Kier alpha value is -0.730. The van der Waals surface area contributed by atoms with Crippen molar-refractivity contribution in [1.29, 1.82) is 0 Å². The van der Waals surface area contributed by atoms with Crippen molar-refractivity contribution in [3.05, 3.63) is 33.8 Å². The normalized spacial score (nSPS) is 23.7. The minimum Gasteiger partial charge on any atom is -0.349 e. The maximum absolute atomic E-state index is 12.1. The van der Waals surface area contributed by atoms with Crippen LogP contribution < -0.4 is 5.32 Å². The topological polar surface area (TPSA) is 29.1 Å². The Bertz CT molecular complexity index is 447. The first kappa shape index (κ1) is 13.7. The molecule has 4 heteroatoms. The first-order valence-corrected chi connectivity index (χ1v) is 7.08. The van der Waals surface area contributed by atoms with Crippen LogP contribution in [0.5, 0.6) is 0 Å². The molecule has 0 unspecified atom stereocenters. The number of carbonyl (C=O) groups is 1. The van der Waals surface area contributed by atoms with E-state index in [1.54, 1.807) is 18.2 Å². The summed E-state index contributed by atoms with van der Waals surface area (Å²) in [5.41, 5.74) is 0.499. The van der Waals surface area contributed by atoms with Gasteiger partial charge in [-0.3, -0.25) is 4.79 Å². The number of carbonyl (C=O) groups excluding carboxylic acids is 1. The molecule has 2 rings (SSSR count). The predicted molar refractivity (Wildman–Crippen MR) is 75.3 cm³/mol. The van der Waals surface area contributed by atoms with Crippen LogP contribution in [-0.2, 0) is 0 Å². The van der Waals surface area contributed by atoms with Gasteiger partial charge in [0, 0.05) is 11.1 Å². The summed E-state index contributed by atoms with van der Waals surface area (Å²) >= 11 is 11.8. The van der Waals surface area contributed by atoms with Gasteiger partial charge >= 0.3 is 0 Å². The highest BCUT2D eigenvalue weighted by atomic mass is 35.5. The molecule has 2 atom stereocenters. The fraction of sp³-hybridized carbons (Fsp3) is 0.500. The van der Waals surface area contributed by atoms with Gasteiger partial charge in [-0.25, -0.2) is 0 Å². The molecule has 1 aliphatic carbocycles. The molecule has 0 aromatic heterocycles. The molecule has 1 aromatic carbocycles. The Morgan fingerprint density at radius 3 is 2.78 bits per heavy atom. The molecule has 0 saturated heterocycles. The largest absolute Gasteiger partial charge is 0.349 e. The lowest BCUT2D eigenvalue weighted by Gasteiger charge is -2.27. The third-order valence-corrected chi connectivity index (χ3v) is 4.00. The van der Waals surface area contributed by atoms with Crippen LogP contribution in [0.1, 0.15) is 43.0 Å². The zero-order chi connectivity index (χ0) is 13.1. The van der Waals surface area contributed by atoms with Gasteiger partial charge < -0.3 is 5.32 Å². The van der Waals surface area contributed by atoms with Gasteiger partial charge in [0.15, 0.2) is 0 Å². The highest BCUT2D eigenvalue weighted by Gasteiger charge is 2.21. The Morgan fingerprint density at radius 1 is 1.33 bits per heavy atom. The van der Waals surface area contributed by atoms with Gasteiger partial charge in [0.25, 0.3) is 5.91 Å². The van der Waals surface area contributed by atoms with Crippen LogP contribution in [0.2, 0.25) is 10.0 Å². The van der Waals surface area contributed by atoms with E-state index in [4.69, 9.17) is 23.2 Å². The molecule has 0 bridgehead atoms. The SMILES string of the molecule is C[C@@H]1CCC[C@@H](NC(=O)c2ccc(Cl)cc2Cl)C1. The summed E-state index contributed by atoms with van der Waals surface area (Å²) in [4.78, 5) is 12.1. The smallest absolute Gasteiger partial charge is 0.253 e. The molecular weight excluding hydrogens is 269 g/mol. The number of benzene rings is 1. The van der Waals surface area contributed by atoms with Crippen molar-refractivity contribution < 1.29 is 4.79 Å². The van der Waals surface area contributed by atoms with E-state index in [9.17, 15) is 4.79 Å². The Kier molecular flexibility index (Phi) is 4.52. The minimum atomic E-state index is -0.101. The Balaban J connectivity index is 2.03. The molecule has 0 heterocycles. The Morgan fingerprint density at radius 2 is 2.11 bits per heavy atom. The fourth-order valence-corrected chi connectivity index (χ4v) is 3.00. The minimum absolute atomic E-state index is 0.101. The molecule has 0 spiro atoms. The lowest BCUT2D eigenvalue weighted by atomic mass is 9.87. The van der Waals surface area contributed by atoms with Gasteiger partial charge in [-0.1, -0.05) is 43.0 Å². The van der Waals surface area contributed by atoms with E-state index in [0.29, 0.717) is 21.5 Å². The molecule has 0 radical (unpaired) electrons. The van der Waals surface area contributed by atoms with E-state index in [1.807, 2.05) is 0 Å². The average Bonchev–Trinajstić information content (AvgIpc) is 2.28. The zero-order valence-corrected chi connectivity index (χ0v) is 11.9. The lowest BCUT2D eigenvalue weighted by Crippen LogP contribution is -2.38. The van der Waals surface area contributed by atoms with Crippen LogP contribution in [0.4, 0.5) is 0 Å². The third-order valence-electron chi connectivity index (χ3n) is 3.45. The third kappa shape index (κ3) is 3.39. The first-order chi connectivity index (χ1) is 8.56. The molecule has 0 aliphatic heterocycles. The van der Waals surface area contributed by atoms with Crippen LogP contribution in [0.15, 0.2) is 18.2 Å². The van der Waals surface area contributed by atoms with Crippen LogP contribution in [0.25, 0.3) is 0 Å². The number of amides is 1. The summed E-state index contributed by atoms with van der Waals surface area (Å²) in [6.07, 6.45) is 4.55. The lowest BCUT2D eigenvalue weighted by molar-refractivity contribution is 0.0921. The molecule has 18 heavy (non-hydrogen) atoms. The number of nitrogens with one attached hydrogen (secondary N) is 1. The fourth-order valence-electron chi connectivity index (χ4n) is 2.50. The van der Waals surface area contributed by atoms with Crippen molar-refractivity contribution >= 4 is 29.1 Å². The summed E-state index contributed by atoms with van der Waals surface area (Å²) in [7, 11) is 0. The monoisotopic (exact) mass is 285 g/mol. The number of hydrogen-bond acceptors (Lipinski definition) is 1. The van der Waals surface area contributed by atoms with Crippen molar-refractivity contribution in [3.63, 3.8) is 0 Å². The van der Waals surface area contributed by atoms with E-state index >= 15 is 0 Å². The van der Waals surface area contributed by atoms with Crippen molar-refractivity contribution in [1.82, 2.24) is 5.32 Å². The predicted octanol–water partition coefficient (Wildman–Crippen LogP) is 4.30. The number of rotatable bonds is 2. The van der Waals surface area contributed by atoms with Gasteiger partial charge in [0.2, 0.25) is 0 Å². The Labute approximate surface area is 118 Å². The standard InChI is InChI=1S/C14H17Cl2NO/c1-9-3-2-4-11(7-9)17-14(18)12-6-5-10(15)8-13(12)16/h5-6,8-9,11H,2-4,7H2,1H3,(H,17,18)/t9-,11-/m1/s1. The summed E-state index contributed by atoms with van der Waals surface area (Å²) in [5.74, 6) is 0.584. The highest BCUT2D eigenvalue weighted by Crippen LogP contribution is 2.25. The van der Waals surface area contributed by atoms with Crippen molar-refractivity contribution in [3.8, 4) is 0 Å². The summed E-state index contributed by atoms with van der Waals surface area (Å²) in [5, 5.41) is 4.01. The van der Waals surface area contributed by atoms with Gasteiger partial charge in [-0.2, -0.15) is 0 Å². The van der Waals surface area contributed by atoms with Crippen LogP contribution >= 0.6 is 23.2 Å². The summed E-state index contributed by atoms with van der Waals surface area (Å²) in [6.45, 7) is 2.23. The van der Waals surface area contributed by atoms with Gasteiger partial charge in [0.05, 0.1) is 10.6 Å². The van der Waals surface area contributed by atoms with Crippen molar-refractivity contribution in [2.24, 2.45) is 5.92 Å². The quantitative estimate of drug-likeness (QED) is 0.862. The molecule has 1 amide bonds. The second-order valence-electron chi connectivity index (χ2n) is 5.07. The second kappa shape index (κ2) is 5.94. The van der Waals surface area contributed by atoms with Gasteiger partial charge in [0.1, 0.15) is 0 Å². The molecule has 1 aliphatic rings. The average molecular weight is 286 g/mol. The van der Waals surface area contributed by atoms with Gasteiger partial charge in [-0.05, 0) is 37.0 Å². The van der Waals surface area contributed by atoms with Crippen LogP contribution in [0, 0.1) is 5.92 Å². The van der Waals surface area contributed by atoms with E-state index < -0.39 is 0 Å². The number of halogens is 2. The first-order valence-electron chi connectivity index (χ1n) is 6.32. The molecular formula is C14H17Cl2NO. The summed E-state index contributed by atoms with van der Waals surface area (Å²) in [6, 6.07) is 5.23. The molecule has 1 N–H and O–H groups in total. The maximum Gasteiger partial charge on any atom is 0.253 e. The molecule has 98 valence electrons. The maximum atomic E-state index is 12.1. The molecule has 2 nitrogen and oxygen atoms in total. The molecule has 1 saturated carbocycles. The van der Waals surface area contributed by atoms with E-state index in [2.05, 4.69) is 12.2 Å². The van der Waals surface area contributed by atoms with E-state index in [1.165, 1.54) is 12.8 Å². The van der Waals surface area contributed by atoms with Crippen molar-refractivity contribution in [2.45, 2.75) is 38.6 Å². The van der Waals surface area contributed by atoms with Crippen LogP contribution in [-0.4, -0.2) is 11.9 Å². The highest BCUT2D eigenvalue weighted by molar-refractivity contribution is 6.36. The molecule has 1 fully saturated rings. The van der Waals surface area contributed by atoms with E-state index in [-0.39, 0.29) is 11.9 Å². The van der Waals surface area contributed by atoms with Crippen LogP contribution in [0.3, 0.4) is 0 Å². The summed E-state index contributed by atoms with van der Waals surface area (Å²) < 4.78 is 0. The second-order valence-corrected chi connectivity index (χ2v) is 5.91. The van der Waals surface area contributed by atoms with Crippen molar-refractivity contribution in [2.75, 3.05) is 0 Å².